The summed E-state index contributed by atoms with van der Waals surface area (Å²) in [5, 5.41) is 0. The van der Waals surface area contributed by atoms with Crippen LogP contribution in [0.4, 0.5) is 0 Å². The molecule has 10 heteroatoms. The fourth-order valence-corrected chi connectivity index (χ4v) is 8.85. The number of carbonyl (C=O) groups excluding carboxylic acids is 5. The Balaban J connectivity index is 1.87. The summed E-state index contributed by atoms with van der Waals surface area (Å²) < 4.78 is 29.4. The number of hydrogen-bond acceptors (Lipinski definition) is 10. The first-order valence-electron chi connectivity index (χ1n) is 14.0. The molecule has 1 heterocycles. The second-order valence-corrected chi connectivity index (χ2v) is 12.4. The first-order valence-corrected chi connectivity index (χ1v) is 14.0. The van der Waals surface area contributed by atoms with Crippen molar-refractivity contribution in [3.8, 4) is 0 Å². The maximum atomic E-state index is 13.7. The normalized spacial score (nSPS) is 42.8. The van der Waals surface area contributed by atoms with Gasteiger partial charge in [-0.1, -0.05) is 20.8 Å². The highest BCUT2D eigenvalue weighted by atomic mass is 16.6. The van der Waals surface area contributed by atoms with Gasteiger partial charge in [0.15, 0.2) is 0 Å². The zero-order chi connectivity index (χ0) is 28.9. The van der Waals surface area contributed by atoms with E-state index in [1.165, 1.54) is 27.7 Å². The van der Waals surface area contributed by atoms with E-state index in [0.29, 0.717) is 25.7 Å². The van der Waals surface area contributed by atoms with Crippen LogP contribution in [0.15, 0.2) is 0 Å². The van der Waals surface area contributed by atoms with Crippen LogP contribution in [0.3, 0.4) is 0 Å². The molecular formula is C29H42O10. The van der Waals surface area contributed by atoms with E-state index in [1.807, 2.05) is 13.8 Å². The van der Waals surface area contributed by atoms with Crippen molar-refractivity contribution in [1.82, 2.24) is 0 Å². The predicted molar refractivity (Wildman–Crippen MR) is 136 cm³/mol. The molecule has 10 nitrogen and oxygen atoms in total. The van der Waals surface area contributed by atoms with Gasteiger partial charge < -0.3 is 23.7 Å². The standard InChI is InChI=1S/C29H42O10/c1-14-12-22(37-16(3)31)29(7)20(24(14)34)8-10-28(6)23-19(13-36-21(23)9-11-35-15(2)30)25(38-17(4)32)26(27(28)29)39-18(5)33/h14,19-23,25-27H,8-13H2,1-7H3. The molecule has 0 aromatic rings. The van der Waals surface area contributed by atoms with E-state index in [4.69, 9.17) is 23.7 Å². The Kier molecular flexibility index (Phi) is 8.18. The van der Waals surface area contributed by atoms with Gasteiger partial charge in [0.05, 0.1) is 19.3 Å². The molecule has 0 radical (unpaired) electrons. The fraction of sp³-hybridized carbons (Fsp3) is 0.828. The molecule has 11 atom stereocenters. The number of rotatable bonds is 6. The first-order chi connectivity index (χ1) is 18.2. The van der Waals surface area contributed by atoms with Crippen molar-refractivity contribution in [1.29, 1.82) is 0 Å². The fourth-order valence-electron chi connectivity index (χ4n) is 8.85. The predicted octanol–water partition coefficient (Wildman–Crippen LogP) is 3.03. The Hall–Kier alpha value is -2.49. The van der Waals surface area contributed by atoms with E-state index >= 15 is 0 Å². The lowest BCUT2D eigenvalue weighted by molar-refractivity contribution is -0.262. The van der Waals surface area contributed by atoms with Crippen molar-refractivity contribution in [2.75, 3.05) is 13.2 Å². The summed E-state index contributed by atoms with van der Waals surface area (Å²) >= 11 is 0. The van der Waals surface area contributed by atoms with E-state index in [-0.39, 0.29) is 48.8 Å². The summed E-state index contributed by atoms with van der Waals surface area (Å²) in [6.07, 6.45) is -0.495. The SMILES string of the molecule is CC(=O)OCCC1OCC2C(OC(C)=O)C(OC(C)=O)C3C(C)(CCC4C(=O)C(C)CC(OC(C)=O)C43C)C12. The number of ether oxygens (including phenoxy) is 5. The Bertz CT molecular complexity index is 1020. The van der Waals surface area contributed by atoms with Crippen molar-refractivity contribution in [2.45, 2.75) is 98.6 Å². The Morgan fingerprint density at radius 3 is 2.13 bits per heavy atom. The number of hydrogen-bond donors (Lipinski definition) is 0. The van der Waals surface area contributed by atoms with Gasteiger partial charge in [-0.2, -0.15) is 0 Å². The van der Waals surface area contributed by atoms with Crippen molar-refractivity contribution in [3.05, 3.63) is 0 Å². The van der Waals surface area contributed by atoms with Crippen LogP contribution in [0, 0.1) is 40.4 Å². The van der Waals surface area contributed by atoms with E-state index in [0.717, 1.165) is 0 Å². The summed E-state index contributed by atoms with van der Waals surface area (Å²) in [4.78, 5) is 62.3. The molecule has 1 aliphatic heterocycles. The van der Waals surface area contributed by atoms with Crippen molar-refractivity contribution in [2.24, 2.45) is 40.4 Å². The Morgan fingerprint density at radius 1 is 0.923 bits per heavy atom. The molecule has 4 aliphatic rings. The molecule has 11 unspecified atom stereocenters. The molecule has 218 valence electrons. The van der Waals surface area contributed by atoms with Gasteiger partial charge >= 0.3 is 23.9 Å². The Labute approximate surface area is 229 Å². The number of esters is 4. The van der Waals surface area contributed by atoms with Gasteiger partial charge in [-0.05, 0) is 30.6 Å². The van der Waals surface area contributed by atoms with Gasteiger partial charge in [-0.15, -0.1) is 0 Å². The zero-order valence-corrected chi connectivity index (χ0v) is 24.0. The molecule has 1 saturated heterocycles. The van der Waals surface area contributed by atoms with Crippen LogP contribution < -0.4 is 0 Å². The summed E-state index contributed by atoms with van der Waals surface area (Å²) in [5.74, 6) is -3.31. The second-order valence-electron chi connectivity index (χ2n) is 12.4. The zero-order valence-electron chi connectivity index (χ0n) is 24.0. The highest BCUT2D eigenvalue weighted by Gasteiger charge is 2.73. The van der Waals surface area contributed by atoms with Gasteiger partial charge in [0.25, 0.3) is 0 Å². The molecule has 0 spiro atoms. The number of Topliss-reactive ketones (excluding diaryl/α,β-unsaturated/α-hetero) is 1. The Morgan fingerprint density at radius 2 is 1.54 bits per heavy atom. The van der Waals surface area contributed by atoms with Crippen LogP contribution in [0.25, 0.3) is 0 Å². The maximum absolute atomic E-state index is 13.7. The summed E-state index contributed by atoms with van der Waals surface area (Å²) in [7, 11) is 0. The summed E-state index contributed by atoms with van der Waals surface area (Å²) in [5.41, 5.74) is -1.40. The van der Waals surface area contributed by atoms with Gasteiger partial charge in [0.2, 0.25) is 0 Å². The quantitative estimate of drug-likeness (QED) is 0.359. The molecule has 3 aliphatic carbocycles. The molecule has 4 fully saturated rings. The van der Waals surface area contributed by atoms with Gasteiger partial charge in [-0.25, -0.2) is 0 Å². The number of carbonyl (C=O) groups is 5. The third kappa shape index (κ3) is 5.09. The lowest BCUT2D eigenvalue weighted by atomic mass is 9.39. The van der Waals surface area contributed by atoms with Crippen LogP contribution in [-0.2, 0) is 47.7 Å². The first kappa shape index (κ1) is 29.5. The average Bonchev–Trinajstić information content (AvgIpc) is 3.24. The lowest BCUT2D eigenvalue weighted by Crippen LogP contribution is -2.71. The monoisotopic (exact) mass is 550 g/mol. The van der Waals surface area contributed by atoms with E-state index in [9.17, 15) is 24.0 Å². The molecule has 4 rings (SSSR count). The third-order valence-electron chi connectivity index (χ3n) is 10.0. The molecule has 0 aromatic carbocycles. The van der Waals surface area contributed by atoms with Crippen LogP contribution >= 0.6 is 0 Å². The van der Waals surface area contributed by atoms with Crippen LogP contribution in [0.1, 0.15) is 74.1 Å². The lowest BCUT2D eigenvalue weighted by Gasteiger charge is -2.66. The summed E-state index contributed by atoms with van der Waals surface area (Å²) in [6, 6.07) is 0. The molecular weight excluding hydrogens is 508 g/mol. The maximum Gasteiger partial charge on any atom is 0.303 e. The third-order valence-corrected chi connectivity index (χ3v) is 10.0. The van der Waals surface area contributed by atoms with Gasteiger partial charge in [0.1, 0.15) is 24.1 Å². The highest BCUT2D eigenvalue weighted by molar-refractivity contribution is 5.85. The largest absolute Gasteiger partial charge is 0.466 e. The van der Waals surface area contributed by atoms with E-state index in [2.05, 4.69) is 6.92 Å². The summed E-state index contributed by atoms with van der Waals surface area (Å²) in [6.45, 7) is 11.8. The molecule has 0 amide bonds. The minimum atomic E-state index is -0.880. The topological polar surface area (TPSA) is 132 Å². The van der Waals surface area contributed by atoms with Crippen LogP contribution in [-0.4, -0.2) is 67.3 Å². The minimum Gasteiger partial charge on any atom is -0.466 e. The molecule has 0 bridgehead atoms. The van der Waals surface area contributed by atoms with E-state index < -0.39 is 58.9 Å². The second kappa shape index (κ2) is 10.8. The molecule has 0 aromatic heterocycles. The van der Waals surface area contributed by atoms with Crippen molar-refractivity contribution in [3.63, 3.8) is 0 Å². The number of ketones is 1. The van der Waals surface area contributed by atoms with Crippen molar-refractivity contribution >= 4 is 29.7 Å². The van der Waals surface area contributed by atoms with E-state index in [1.54, 1.807) is 0 Å². The smallest absolute Gasteiger partial charge is 0.303 e. The van der Waals surface area contributed by atoms with Crippen molar-refractivity contribution < 1.29 is 47.7 Å². The molecule has 39 heavy (non-hydrogen) atoms. The average molecular weight is 551 g/mol. The highest BCUT2D eigenvalue weighted by Crippen LogP contribution is 2.69. The van der Waals surface area contributed by atoms with Gasteiger partial charge in [0, 0.05) is 63.2 Å². The minimum absolute atomic E-state index is 0.116. The molecule has 3 saturated carbocycles. The van der Waals surface area contributed by atoms with Crippen LogP contribution in [0.2, 0.25) is 0 Å². The number of fused-ring (bicyclic) bond motifs is 5. The van der Waals surface area contributed by atoms with Crippen LogP contribution in [0.5, 0.6) is 0 Å². The molecule has 0 N–H and O–H groups in total. The van der Waals surface area contributed by atoms with Gasteiger partial charge in [-0.3, -0.25) is 24.0 Å².